The second kappa shape index (κ2) is 16.4. The Morgan fingerprint density at radius 3 is 2.65 bits per heavy atom. The molecule has 0 saturated heterocycles. The molecule has 3 aromatic rings. The van der Waals surface area contributed by atoms with Gasteiger partial charge in [-0.15, -0.1) is 5.92 Å². The van der Waals surface area contributed by atoms with Crippen molar-refractivity contribution in [1.82, 2.24) is 9.97 Å². The van der Waals surface area contributed by atoms with Crippen molar-refractivity contribution in [3.63, 3.8) is 0 Å². The van der Waals surface area contributed by atoms with Crippen molar-refractivity contribution in [3.05, 3.63) is 71.7 Å². The average Bonchev–Trinajstić information content (AvgIpc) is 3.62. The lowest BCUT2D eigenvalue weighted by Gasteiger charge is -2.47. The van der Waals surface area contributed by atoms with Crippen LogP contribution in [0.2, 0.25) is 0 Å². The van der Waals surface area contributed by atoms with Crippen molar-refractivity contribution in [3.8, 4) is 23.3 Å². The molecule has 2 aliphatic rings. The molecule has 0 amide bonds. The molecule has 2 aromatic heterocycles. The Morgan fingerprint density at radius 1 is 1.07 bits per heavy atom. The highest BCUT2D eigenvalue weighted by molar-refractivity contribution is 5.42. The summed E-state index contributed by atoms with van der Waals surface area (Å²) in [6.07, 6.45) is 15.3. The van der Waals surface area contributed by atoms with Crippen molar-refractivity contribution in [2.75, 3.05) is 12.3 Å². The molecule has 5 rings (SSSR count). The van der Waals surface area contributed by atoms with E-state index in [1.165, 1.54) is 6.42 Å². The third-order valence-corrected chi connectivity index (χ3v) is 10.5. The normalized spacial score (nSPS) is 23.1. The smallest absolute Gasteiger partial charge is 0.161 e. The molecular formula is C39H52N3O4-. The summed E-state index contributed by atoms with van der Waals surface area (Å²) < 4.78 is 6.29. The van der Waals surface area contributed by atoms with Crippen molar-refractivity contribution in [2.45, 2.75) is 120 Å². The number of hydrogen-bond acceptors (Lipinski definition) is 6. The van der Waals surface area contributed by atoms with Gasteiger partial charge >= 0.3 is 0 Å². The largest absolute Gasteiger partial charge is 0.667 e. The minimum absolute atomic E-state index is 0.0996. The molecule has 1 saturated carbocycles. The summed E-state index contributed by atoms with van der Waals surface area (Å²) in [5.41, 5.74) is 9.30. The number of benzene rings is 1. The van der Waals surface area contributed by atoms with Crippen LogP contribution in [0.15, 0.2) is 54.9 Å². The number of phenols is 1. The van der Waals surface area contributed by atoms with E-state index in [1.54, 1.807) is 12.3 Å². The van der Waals surface area contributed by atoms with Crippen molar-refractivity contribution >= 4 is 5.82 Å². The van der Waals surface area contributed by atoms with Crippen molar-refractivity contribution in [2.24, 2.45) is 11.8 Å². The predicted octanol–water partition coefficient (Wildman–Crippen LogP) is 7.05. The Kier molecular flexibility index (Phi) is 12.1. The maximum absolute atomic E-state index is 11.2. The molecule has 7 nitrogen and oxygen atoms in total. The number of rotatable bonds is 12. The number of aryl methyl sites for hydroxylation is 1. The predicted molar refractivity (Wildman–Crippen MR) is 183 cm³/mol. The van der Waals surface area contributed by atoms with Crippen LogP contribution in [0.25, 0.3) is 0 Å². The standard InChI is InChI=1S/C39H52N3O4/c1-2-28-10-4-5-13-33(43)31(12-8-11-28)34(44)17-15-29-16-18-35(45)36(26-29)46-25-20-32(30-19-24-42-38(40)27-30)39(21-6-3-7-22-39)37-14-9-23-41-37/h9,14,16,18-19,23-24,26-28,31-34,43-45H,2-7,10,12-13,15,17,20-22,25H2,1H3,(H2,40,42)/q-1/t28-,31+,32-,33+,34-/m1/s1. The van der Waals surface area contributed by atoms with E-state index in [0.717, 1.165) is 74.6 Å². The number of nitrogen functional groups attached to an aromatic ring is 1. The molecule has 1 aromatic carbocycles. The van der Waals surface area contributed by atoms with Crippen LogP contribution < -0.4 is 15.5 Å². The first-order chi connectivity index (χ1) is 22.4. The Balaban J connectivity index is 1.26. The zero-order chi connectivity index (χ0) is 32.4. The average molecular weight is 627 g/mol. The first kappa shape index (κ1) is 33.9. The van der Waals surface area contributed by atoms with E-state index in [4.69, 9.17) is 15.5 Å². The van der Waals surface area contributed by atoms with Crippen molar-refractivity contribution < 1.29 is 20.1 Å². The number of aliphatic hydroxyl groups excluding tert-OH is 2. The number of aromatic hydroxyl groups is 1. The highest BCUT2D eigenvalue weighted by atomic mass is 16.5. The van der Waals surface area contributed by atoms with Crippen molar-refractivity contribution in [1.29, 1.82) is 0 Å². The molecule has 46 heavy (non-hydrogen) atoms. The minimum atomic E-state index is -0.660. The number of anilines is 1. The van der Waals surface area contributed by atoms with Gasteiger partial charge in [0.15, 0.2) is 11.5 Å². The van der Waals surface area contributed by atoms with Crippen LogP contribution in [-0.2, 0) is 11.8 Å². The van der Waals surface area contributed by atoms with E-state index in [9.17, 15) is 15.3 Å². The number of aromatic nitrogens is 2. The fourth-order valence-electron chi connectivity index (χ4n) is 7.84. The molecule has 5 atom stereocenters. The quantitative estimate of drug-likeness (QED) is 0.159. The number of ether oxygens (including phenoxy) is 1. The van der Waals surface area contributed by atoms with Gasteiger partial charge in [-0.25, -0.2) is 4.98 Å². The first-order valence-corrected chi connectivity index (χ1v) is 17.5. The summed E-state index contributed by atoms with van der Waals surface area (Å²) in [5.74, 6) is 7.97. The van der Waals surface area contributed by atoms with Gasteiger partial charge in [0.05, 0.1) is 18.8 Å². The Bertz CT molecular complexity index is 1420. The van der Waals surface area contributed by atoms with E-state index in [-0.39, 0.29) is 23.0 Å². The van der Waals surface area contributed by atoms with Gasteiger partial charge in [-0.1, -0.05) is 63.1 Å². The zero-order valence-electron chi connectivity index (χ0n) is 27.4. The fourth-order valence-corrected chi connectivity index (χ4v) is 7.84. The van der Waals surface area contributed by atoms with Crippen LogP contribution >= 0.6 is 0 Å². The molecule has 7 heteroatoms. The van der Waals surface area contributed by atoms with Crippen LogP contribution in [0.3, 0.4) is 0 Å². The van der Waals surface area contributed by atoms with Crippen LogP contribution in [0.1, 0.15) is 113 Å². The van der Waals surface area contributed by atoms with Crippen LogP contribution in [0.5, 0.6) is 11.5 Å². The third kappa shape index (κ3) is 8.46. The van der Waals surface area contributed by atoms with Gasteiger partial charge in [0, 0.05) is 24.5 Å². The highest BCUT2D eigenvalue weighted by Gasteiger charge is 2.40. The molecular weight excluding hydrogens is 574 g/mol. The summed E-state index contributed by atoms with van der Waals surface area (Å²) in [4.78, 5) is 9.05. The summed E-state index contributed by atoms with van der Waals surface area (Å²) >= 11 is 0. The van der Waals surface area contributed by atoms with E-state index in [1.807, 2.05) is 30.5 Å². The van der Waals surface area contributed by atoms with Crippen LogP contribution in [0, 0.1) is 23.7 Å². The zero-order valence-corrected chi connectivity index (χ0v) is 27.4. The molecule has 2 heterocycles. The Labute approximate surface area is 275 Å². The van der Waals surface area contributed by atoms with E-state index < -0.39 is 12.2 Å². The maximum atomic E-state index is 11.2. The second-order valence-electron chi connectivity index (χ2n) is 13.5. The number of pyridine rings is 1. The number of nitrogens with two attached hydrogens (primary N) is 1. The monoisotopic (exact) mass is 626 g/mol. The van der Waals surface area contributed by atoms with Gasteiger partial charge in [-0.3, -0.25) is 0 Å². The lowest BCUT2D eigenvalue weighted by Crippen LogP contribution is -2.37. The van der Waals surface area contributed by atoms with E-state index >= 15 is 0 Å². The second-order valence-corrected chi connectivity index (χ2v) is 13.5. The summed E-state index contributed by atoms with van der Waals surface area (Å²) in [6.45, 7) is 2.59. The minimum Gasteiger partial charge on any atom is -0.667 e. The fraction of sp³-hybridized carbons (Fsp3) is 0.564. The first-order valence-electron chi connectivity index (χ1n) is 17.5. The number of hydrogen-bond donors (Lipinski definition) is 4. The lowest BCUT2D eigenvalue weighted by atomic mass is 9.61. The Hall–Kier alpha value is -3.47. The topological polar surface area (TPSA) is 123 Å². The molecule has 2 aliphatic carbocycles. The SMILES string of the molecule is CC[C@H]1C#CC[C@H]([C@H](O)CCc2ccc(O)c(OCC[C@H](c3ccnc(N)c3)C3(c4ccc[n-]4)CCCCC3)c2)[C@@H](O)CCCC1. The van der Waals surface area contributed by atoms with Gasteiger partial charge in [-0.05, 0) is 98.1 Å². The van der Waals surface area contributed by atoms with E-state index in [0.29, 0.717) is 49.8 Å². The summed E-state index contributed by atoms with van der Waals surface area (Å²) in [5, 5.41) is 32.8. The van der Waals surface area contributed by atoms with Crippen LogP contribution in [-0.4, -0.2) is 39.1 Å². The number of aliphatic hydroxyl groups is 2. The number of phenolic OH excluding ortho intramolecular Hbond substituents is 1. The third-order valence-electron chi connectivity index (χ3n) is 10.5. The molecule has 248 valence electrons. The molecule has 0 aliphatic heterocycles. The van der Waals surface area contributed by atoms with Gasteiger partial charge in [0.25, 0.3) is 0 Å². The van der Waals surface area contributed by atoms with E-state index in [2.05, 4.69) is 35.9 Å². The van der Waals surface area contributed by atoms with Gasteiger partial charge in [0.1, 0.15) is 5.82 Å². The molecule has 0 bridgehead atoms. The molecule has 0 spiro atoms. The molecule has 0 unspecified atom stereocenters. The lowest BCUT2D eigenvalue weighted by molar-refractivity contribution is 0.00559. The van der Waals surface area contributed by atoms with Gasteiger partial charge < -0.3 is 30.8 Å². The van der Waals surface area contributed by atoms with Gasteiger partial charge in [0.2, 0.25) is 0 Å². The number of nitrogens with zero attached hydrogens (tertiary/aromatic N) is 2. The maximum Gasteiger partial charge on any atom is 0.161 e. The summed E-state index contributed by atoms with van der Waals surface area (Å²) in [6, 6.07) is 13.7. The highest BCUT2D eigenvalue weighted by Crippen LogP contribution is 2.50. The molecule has 0 radical (unpaired) electrons. The van der Waals surface area contributed by atoms with Gasteiger partial charge in [-0.2, -0.15) is 11.9 Å². The molecule has 1 fully saturated rings. The Morgan fingerprint density at radius 2 is 1.89 bits per heavy atom. The molecule has 5 N–H and O–H groups in total. The summed E-state index contributed by atoms with van der Waals surface area (Å²) in [7, 11) is 0. The van der Waals surface area contributed by atoms with Crippen LogP contribution in [0.4, 0.5) is 5.82 Å².